The molecule has 2 rings (SSSR count). The first-order chi connectivity index (χ1) is 8.52. The first-order valence-electron chi connectivity index (χ1n) is 5.27. The molecule has 0 saturated heterocycles. The van der Waals surface area contributed by atoms with E-state index in [-0.39, 0.29) is 23.3 Å². The quantitative estimate of drug-likeness (QED) is 0.429. The molecule has 1 aliphatic rings. The number of hydrogen-bond acceptors (Lipinski definition) is 5. The predicted octanol–water partition coefficient (Wildman–Crippen LogP) is -0.202. The minimum atomic E-state index is -0.329. The van der Waals surface area contributed by atoms with Crippen molar-refractivity contribution in [3.63, 3.8) is 0 Å². The Hall–Kier alpha value is -2.34. The molecular formula is C12H14N2O4. The number of carbonyl (C=O) groups excluding carboxylic acids is 2. The fraction of sp³-hybridized carbons (Fsp3) is 0.167. The van der Waals surface area contributed by atoms with Gasteiger partial charge in [-0.15, -0.1) is 0 Å². The zero-order valence-electron chi connectivity index (χ0n) is 9.59. The first-order valence-corrected chi connectivity index (χ1v) is 5.27. The largest absolute Gasteiger partial charge is 0.504 e. The SMILES string of the molecule is NCCc1ccc(O)c(O)c1.O=C1C=CC(=O)N1. The van der Waals surface area contributed by atoms with Crippen molar-refractivity contribution >= 4 is 11.8 Å². The van der Waals surface area contributed by atoms with Crippen LogP contribution in [0.25, 0.3) is 0 Å². The van der Waals surface area contributed by atoms with E-state index in [0.29, 0.717) is 13.0 Å². The zero-order valence-corrected chi connectivity index (χ0v) is 9.59. The van der Waals surface area contributed by atoms with E-state index in [2.05, 4.69) is 0 Å². The summed E-state index contributed by atoms with van der Waals surface area (Å²) in [6, 6.07) is 4.71. The van der Waals surface area contributed by atoms with E-state index < -0.39 is 0 Å². The third-order valence-corrected chi connectivity index (χ3v) is 2.11. The number of nitrogens with one attached hydrogen (secondary N) is 1. The molecule has 0 bridgehead atoms. The number of phenols is 2. The van der Waals surface area contributed by atoms with E-state index in [4.69, 9.17) is 15.9 Å². The number of phenolic OH excluding ortho intramolecular Hbond substituents is 2. The third kappa shape index (κ3) is 4.26. The van der Waals surface area contributed by atoms with Crippen molar-refractivity contribution in [2.45, 2.75) is 6.42 Å². The van der Waals surface area contributed by atoms with Crippen LogP contribution in [0.5, 0.6) is 11.5 Å². The smallest absolute Gasteiger partial charge is 0.250 e. The molecule has 2 amide bonds. The number of carbonyl (C=O) groups is 2. The normalized spacial score (nSPS) is 12.9. The molecule has 1 aromatic rings. The maximum absolute atomic E-state index is 10.0. The van der Waals surface area contributed by atoms with Crippen molar-refractivity contribution in [2.24, 2.45) is 5.73 Å². The Morgan fingerprint density at radius 2 is 1.67 bits per heavy atom. The van der Waals surface area contributed by atoms with Crippen molar-refractivity contribution in [2.75, 3.05) is 6.54 Å². The van der Waals surface area contributed by atoms with Gasteiger partial charge in [-0.1, -0.05) is 6.07 Å². The summed E-state index contributed by atoms with van der Waals surface area (Å²) >= 11 is 0. The van der Waals surface area contributed by atoms with Crippen LogP contribution < -0.4 is 11.1 Å². The summed E-state index contributed by atoms with van der Waals surface area (Å²) in [4.78, 5) is 20.1. The van der Waals surface area contributed by atoms with Gasteiger partial charge in [0.25, 0.3) is 11.8 Å². The Morgan fingerprint density at radius 1 is 1.06 bits per heavy atom. The van der Waals surface area contributed by atoms with Gasteiger partial charge in [-0.2, -0.15) is 0 Å². The Kier molecular flexibility index (Phi) is 4.89. The molecule has 0 saturated carbocycles. The highest BCUT2D eigenvalue weighted by Crippen LogP contribution is 2.24. The highest BCUT2D eigenvalue weighted by Gasteiger charge is 2.06. The van der Waals surface area contributed by atoms with Crippen LogP contribution in [0.3, 0.4) is 0 Å². The van der Waals surface area contributed by atoms with Gasteiger partial charge in [-0.3, -0.25) is 14.9 Å². The van der Waals surface area contributed by atoms with Gasteiger partial charge in [0.1, 0.15) is 0 Å². The van der Waals surface area contributed by atoms with Crippen LogP contribution in [-0.2, 0) is 16.0 Å². The summed E-state index contributed by atoms with van der Waals surface area (Å²) in [5.74, 6) is -0.836. The molecule has 0 aliphatic carbocycles. The Labute approximate surface area is 104 Å². The second kappa shape index (κ2) is 6.41. The van der Waals surface area contributed by atoms with E-state index in [9.17, 15) is 9.59 Å². The fourth-order valence-electron chi connectivity index (χ4n) is 1.25. The lowest BCUT2D eigenvalue weighted by atomic mass is 10.1. The van der Waals surface area contributed by atoms with Crippen molar-refractivity contribution < 1.29 is 19.8 Å². The molecule has 0 radical (unpaired) electrons. The second-order valence-electron chi connectivity index (χ2n) is 3.55. The van der Waals surface area contributed by atoms with Crippen LogP contribution >= 0.6 is 0 Å². The monoisotopic (exact) mass is 250 g/mol. The highest BCUT2D eigenvalue weighted by molar-refractivity contribution is 6.12. The molecule has 0 atom stereocenters. The lowest BCUT2D eigenvalue weighted by molar-refractivity contribution is -0.123. The van der Waals surface area contributed by atoms with Crippen LogP contribution in [-0.4, -0.2) is 28.6 Å². The zero-order chi connectivity index (χ0) is 13.5. The number of amides is 2. The second-order valence-corrected chi connectivity index (χ2v) is 3.55. The van der Waals surface area contributed by atoms with E-state index in [0.717, 1.165) is 5.56 Å². The molecule has 0 fully saturated rings. The summed E-state index contributed by atoms with van der Waals surface area (Å²) in [5, 5.41) is 20.0. The number of aromatic hydroxyl groups is 2. The minimum absolute atomic E-state index is 0.0871. The first kappa shape index (κ1) is 13.7. The average Bonchev–Trinajstić information content (AvgIpc) is 2.69. The molecule has 6 heteroatoms. The van der Waals surface area contributed by atoms with Crippen LogP contribution in [0.2, 0.25) is 0 Å². The Bertz CT molecular complexity index is 467. The molecule has 18 heavy (non-hydrogen) atoms. The Morgan fingerprint density at radius 3 is 2.06 bits per heavy atom. The highest BCUT2D eigenvalue weighted by atomic mass is 16.3. The van der Waals surface area contributed by atoms with E-state index in [1.54, 1.807) is 6.07 Å². The maximum Gasteiger partial charge on any atom is 0.250 e. The molecule has 1 aromatic carbocycles. The number of hydrogen-bond donors (Lipinski definition) is 4. The Balaban J connectivity index is 0.000000199. The van der Waals surface area contributed by atoms with Crippen LogP contribution in [0, 0.1) is 0 Å². The number of benzene rings is 1. The molecule has 0 spiro atoms. The van der Waals surface area contributed by atoms with Gasteiger partial charge in [-0.25, -0.2) is 0 Å². The minimum Gasteiger partial charge on any atom is -0.504 e. The van der Waals surface area contributed by atoms with Crippen LogP contribution in [0.1, 0.15) is 5.56 Å². The van der Waals surface area contributed by atoms with Gasteiger partial charge in [0, 0.05) is 12.2 Å². The van der Waals surface area contributed by atoms with Gasteiger partial charge >= 0.3 is 0 Å². The number of imide groups is 1. The summed E-state index contributed by atoms with van der Waals surface area (Å²) in [6.07, 6.45) is 3.11. The van der Waals surface area contributed by atoms with Crippen molar-refractivity contribution in [3.05, 3.63) is 35.9 Å². The van der Waals surface area contributed by atoms with Crippen LogP contribution in [0.4, 0.5) is 0 Å². The van der Waals surface area contributed by atoms with Gasteiger partial charge in [0.2, 0.25) is 0 Å². The van der Waals surface area contributed by atoms with Crippen LogP contribution in [0.15, 0.2) is 30.4 Å². The molecule has 1 heterocycles. The van der Waals surface area contributed by atoms with Gasteiger partial charge < -0.3 is 15.9 Å². The lowest BCUT2D eigenvalue weighted by Crippen LogP contribution is -2.19. The number of nitrogens with two attached hydrogens (primary N) is 1. The molecule has 5 N–H and O–H groups in total. The molecular weight excluding hydrogens is 236 g/mol. The molecule has 0 unspecified atom stereocenters. The average molecular weight is 250 g/mol. The maximum atomic E-state index is 10.0. The van der Waals surface area contributed by atoms with E-state index >= 15 is 0 Å². The summed E-state index contributed by atoms with van der Waals surface area (Å²) in [5.41, 5.74) is 6.24. The third-order valence-electron chi connectivity index (χ3n) is 2.11. The van der Waals surface area contributed by atoms with Gasteiger partial charge in [-0.05, 0) is 30.7 Å². The summed E-state index contributed by atoms with van der Waals surface area (Å²) in [7, 11) is 0. The van der Waals surface area contributed by atoms with Crippen molar-refractivity contribution in [1.82, 2.24) is 5.32 Å². The van der Waals surface area contributed by atoms with E-state index in [1.807, 2.05) is 5.32 Å². The number of rotatable bonds is 2. The van der Waals surface area contributed by atoms with Gasteiger partial charge in [0.15, 0.2) is 11.5 Å². The standard InChI is InChI=1S/C8H11NO2.C4H3NO2/c9-4-3-6-1-2-7(10)8(11)5-6;6-3-1-2-4(7)5-3/h1-2,5,10-11H,3-4,9H2;1-2H,(H,5,6,7). The summed E-state index contributed by atoms with van der Waals surface area (Å²) < 4.78 is 0. The van der Waals surface area contributed by atoms with Gasteiger partial charge in [0.05, 0.1) is 0 Å². The molecule has 96 valence electrons. The molecule has 0 aromatic heterocycles. The van der Waals surface area contributed by atoms with Crippen molar-refractivity contribution in [3.8, 4) is 11.5 Å². The molecule has 1 aliphatic heterocycles. The molecule has 6 nitrogen and oxygen atoms in total. The topological polar surface area (TPSA) is 113 Å². The predicted molar refractivity (Wildman–Crippen MR) is 64.8 cm³/mol. The fourth-order valence-corrected chi connectivity index (χ4v) is 1.25. The summed E-state index contributed by atoms with van der Waals surface area (Å²) in [6.45, 7) is 0.546. The van der Waals surface area contributed by atoms with E-state index in [1.165, 1.54) is 24.3 Å². The lowest BCUT2D eigenvalue weighted by Gasteiger charge is -2.00. The van der Waals surface area contributed by atoms with Crippen molar-refractivity contribution in [1.29, 1.82) is 0 Å².